The van der Waals surface area contributed by atoms with Crippen molar-refractivity contribution in [2.24, 2.45) is 0 Å². The van der Waals surface area contributed by atoms with E-state index in [1.54, 1.807) is 20.8 Å². The lowest BCUT2D eigenvalue weighted by Gasteiger charge is -2.21. The molecule has 0 unspecified atom stereocenters. The largest absolute Gasteiger partial charge is 0.465 e. The lowest BCUT2D eigenvalue weighted by atomic mass is 10.2. The highest BCUT2D eigenvalue weighted by Gasteiger charge is 2.30. The molecule has 0 fully saturated rings. The summed E-state index contributed by atoms with van der Waals surface area (Å²) < 4.78 is 16.9. The van der Waals surface area contributed by atoms with Gasteiger partial charge in [-0.2, -0.15) is 0 Å². The molecule has 1 rings (SSSR count). The van der Waals surface area contributed by atoms with E-state index in [-0.39, 0.29) is 23.4 Å². The number of carbonyl (C=O) groups is 2. The first kappa shape index (κ1) is 16.5. The zero-order valence-electron chi connectivity index (χ0n) is 11.7. The molecule has 0 heterocycles. The molecule has 0 aliphatic rings. The van der Waals surface area contributed by atoms with E-state index in [9.17, 15) is 14.0 Å². The Bertz CT molecular complexity index is 474. The summed E-state index contributed by atoms with van der Waals surface area (Å²) in [5.74, 6) is -0.845. The molecule has 1 N–H and O–H groups in total. The number of nitrogens with one attached hydrogen (secondary N) is 1. The molecule has 0 aliphatic heterocycles. The molecular formula is C14H18FNO3S. The zero-order valence-corrected chi connectivity index (χ0v) is 12.6. The van der Waals surface area contributed by atoms with Crippen molar-refractivity contribution in [3.8, 4) is 0 Å². The first-order chi connectivity index (χ1) is 9.35. The van der Waals surface area contributed by atoms with E-state index in [1.165, 1.54) is 36.0 Å². The van der Waals surface area contributed by atoms with Crippen molar-refractivity contribution in [3.05, 3.63) is 30.1 Å². The summed E-state index contributed by atoms with van der Waals surface area (Å²) in [6.45, 7) is 5.46. The third kappa shape index (κ3) is 5.21. The van der Waals surface area contributed by atoms with Crippen LogP contribution >= 0.6 is 11.8 Å². The molecule has 0 aliphatic carbocycles. The average Bonchev–Trinajstić information content (AvgIpc) is 2.39. The number of thioether (sulfide) groups is 1. The Hall–Kier alpha value is -1.56. The maximum absolute atomic E-state index is 12.7. The van der Waals surface area contributed by atoms with E-state index >= 15 is 0 Å². The van der Waals surface area contributed by atoms with Crippen LogP contribution in [-0.2, 0) is 14.3 Å². The Balaban J connectivity index is 2.47. The van der Waals surface area contributed by atoms with Gasteiger partial charge in [-0.1, -0.05) is 0 Å². The van der Waals surface area contributed by atoms with Gasteiger partial charge in [0.1, 0.15) is 10.6 Å². The van der Waals surface area contributed by atoms with Gasteiger partial charge in [0.25, 0.3) is 0 Å². The summed E-state index contributed by atoms with van der Waals surface area (Å²) in [4.78, 5) is 23.4. The van der Waals surface area contributed by atoms with Crippen molar-refractivity contribution in [3.63, 3.8) is 0 Å². The summed E-state index contributed by atoms with van der Waals surface area (Å²) in [7, 11) is 0. The average molecular weight is 299 g/mol. The number of benzene rings is 1. The predicted molar refractivity (Wildman–Crippen MR) is 78.2 cm³/mol. The summed E-state index contributed by atoms with van der Waals surface area (Å²) in [6, 6.07) is 5.50. The lowest BCUT2D eigenvalue weighted by molar-refractivity contribution is -0.145. The van der Waals surface area contributed by atoms with Crippen LogP contribution in [-0.4, -0.2) is 29.0 Å². The normalized spacial score (nSPS) is 11.0. The SMILES string of the molecule is CCOC(=O)C(C)(C)SCC(=O)Nc1ccc(F)cc1. The molecule has 1 aromatic carbocycles. The third-order valence-electron chi connectivity index (χ3n) is 2.46. The fourth-order valence-electron chi connectivity index (χ4n) is 1.34. The summed E-state index contributed by atoms with van der Waals surface area (Å²) in [6.07, 6.45) is 0. The number of hydrogen-bond acceptors (Lipinski definition) is 4. The van der Waals surface area contributed by atoms with Crippen LogP contribution in [0.4, 0.5) is 10.1 Å². The van der Waals surface area contributed by atoms with Crippen LogP contribution in [0.25, 0.3) is 0 Å². The molecular weight excluding hydrogens is 281 g/mol. The van der Waals surface area contributed by atoms with E-state index < -0.39 is 4.75 Å². The van der Waals surface area contributed by atoms with Gasteiger partial charge in [0.2, 0.25) is 5.91 Å². The van der Waals surface area contributed by atoms with E-state index in [1.807, 2.05) is 0 Å². The van der Waals surface area contributed by atoms with Crippen molar-refractivity contribution >= 4 is 29.3 Å². The molecule has 0 atom stereocenters. The molecule has 0 radical (unpaired) electrons. The van der Waals surface area contributed by atoms with Crippen LogP contribution in [0.3, 0.4) is 0 Å². The van der Waals surface area contributed by atoms with Gasteiger partial charge in [-0.25, -0.2) is 4.39 Å². The second kappa shape index (κ2) is 7.28. The van der Waals surface area contributed by atoms with Crippen LogP contribution in [0, 0.1) is 5.82 Å². The molecule has 4 nitrogen and oxygen atoms in total. The van der Waals surface area contributed by atoms with Crippen molar-refractivity contribution in [1.82, 2.24) is 0 Å². The van der Waals surface area contributed by atoms with Gasteiger partial charge < -0.3 is 10.1 Å². The second-order valence-corrected chi connectivity index (χ2v) is 6.17. The molecule has 0 bridgehead atoms. The van der Waals surface area contributed by atoms with Gasteiger partial charge in [-0.3, -0.25) is 9.59 Å². The van der Waals surface area contributed by atoms with Gasteiger partial charge >= 0.3 is 5.97 Å². The van der Waals surface area contributed by atoms with Gasteiger partial charge in [0.05, 0.1) is 12.4 Å². The number of halogens is 1. The van der Waals surface area contributed by atoms with E-state index in [0.29, 0.717) is 12.3 Å². The Kier molecular flexibility index (Phi) is 6.01. The second-order valence-electron chi connectivity index (χ2n) is 4.57. The quantitative estimate of drug-likeness (QED) is 0.821. The number of hydrogen-bond donors (Lipinski definition) is 1. The Morgan fingerprint density at radius 3 is 2.45 bits per heavy atom. The number of ether oxygens (including phenoxy) is 1. The summed E-state index contributed by atoms with van der Waals surface area (Å²) >= 11 is 1.20. The Morgan fingerprint density at radius 2 is 1.90 bits per heavy atom. The third-order valence-corrected chi connectivity index (χ3v) is 3.75. The maximum Gasteiger partial charge on any atom is 0.321 e. The van der Waals surface area contributed by atoms with E-state index in [2.05, 4.69) is 5.32 Å². The van der Waals surface area contributed by atoms with Crippen LogP contribution in [0.2, 0.25) is 0 Å². The van der Waals surface area contributed by atoms with Crippen LogP contribution in [0.1, 0.15) is 20.8 Å². The minimum Gasteiger partial charge on any atom is -0.465 e. The maximum atomic E-state index is 12.7. The number of rotatable bonds is 6. The number of amides is 1. The zero-order chi connectivity index (χ0) is 15.2. The minimum atomic E-state index is -0.782. The van der Waals surface area contributed by atoms with Gasteiger partial charge in [-0.05, 0) is 45.0 Å². The molecule has 0 aromatic heterocycles. The molecule has 1 aromatic rings. The molecule has 0 saturated carbocycles. The number of esters is 1. The molecule has 6 heteroatoms. The molecule has 1 amide bonds. The first-order valence-electron chi connectivity index (χ1n) is 6.21. The first-order valence-corrected chi connectivity index (χ1v) is 7.20. The van der Waals surface area contributed by atoms with E-state index in [4.69, 9.17) is 4.74 Å². The fraction of sp³-hybridized carbons (Fsp3) is 0.429. The van der Waals surface area contributed by atoms with Crippen molar-refractivity contribution < 1.29 is 18.7 Å². The number of carbonyl (C=O) groups excluding carboxylic acids is 2. The highest BCUT2D eigenvalue weighted by atomic mass is 32.2. The molecule has 0 saturated heterocycles. The van der Waals surface area contributed by atoms with Crippen molar-refractivity contribution in [1.29, 1.82) is 0 Å². The lowest BCUT2D eigenvalue weighted by Crippen LogP contribution is -2.32. The minimum absolute atomic E-state index is 0.114. The van der Waals surface area contributed by atoms with Gasteiger partial charge in [0, 0.05) is 5.69 Å². The van der Waals surface area contributed by atoms with Crippen molar-refractivity contribution in [2.75, 3.05) is 17.7 Å². The fourth-order valence-corrected chi connectivity index (χ4v) is 2.08. The van der Waals surface area contributed by atoms with Crippen molar-refractivity contribution in [2.45, 2.75) is 25.5 Å². The summed E-state index contributed by atoms with van der Waals surface area (Å²) in [5.41, 5.74) is 0.519. The predicted octanol–water partition coefficient (Wildman–Crippen LogP) is 2.84. The Labute approximate surface area is 122 Å². The van der Waals surface area contributed by atoms with E-state index in [0.717, 1.165) is 0 Å². The standard InChI is InChI=1S/C14H18FNO3S/c1-4-19-13(18)14(2,3)20-9-12(17)16-11-7-5-10(15)6-8-11/h5-8H,4,9H2,1-3H3,(H,16,17). The van der Waals surface area contributed by atoms with Crippen LogP contribution in [0.15, 0.2) is 24.3 Å². The topological polar surface area (TPSA) is 55.4 Å². The number of anilines is 1. The van der Waals surface area contributed by atoms with Gasteiger partial charge in [0.15, 0.2) is 0 Å². The van der Waals surface area contributed by atoms with Gasteiger partial charge in [-0.15, -0.1) is 11.8 Å². The monoisotopic (exact) mass is 299 g/mol. The Morgan fingerprint density at radius 1 is 1.30 bits per heavy atom. The molecule has 0 spiro atoms. The molecule has 20 heavy (non-hydrogen) atoms. The smallest absolute Gasteiger partial charge is 0.321 e. The van der Waals surface area contributed by atoms with Crippen LogP contribution < -0.4 is 5.32 Å². The highest BCUT2D eigenvalue weighted by Crippen LogP contribution is 2.26. The molecule has 110 valence electrons. The van der Waals surface area contributed by atoms with Crippen LogP contribution in [0.5, 0.6) is 0 Å². The summed E-state index contributed by atoms with van der Waals surface area (Å²) in [5, 5.41) is 2.63. The highest BCUT2D eigenvalue weighted by molar-refractivity contribution is 8.02.